The van der Waals surface area contributed by atoms with Crippen molar-refractivity contribution in [1.82, 2.24) is 0 Å². The maximum absolute atomic E-state index is 10.9. The van der Waals surface area contributed by atoms with Crippen LogP contribution in [0.4, 0.5) is 0 Å². The van der Waals surface area contributed by atoms with Crippen LogP contribution in [0.1, 0.15) is 25.0 Å². The molecule has 1 rings (SSSR count). The van der Waals surface area contributed by atoms with Crippen LogP contribution < -0.4 is 0 Å². The van der Waals surface area contributed by atoms with Crippen molar-refractivity contribution in [3.05, 3.63) is 34.3 Å². The number of ketones is 1. The Morgan fingerprint density at radius 2 is 1.92 bits per heavy atom. The van der Waals surface area contributed by atoms with Gasteiger partial charge in [-0.15, -0.1) is 0 Å². The second kappa shape index (κ2) is 4.43. The van der Waals surface area contributed by atoms with E-state index in [0.29, 0.717) is 6.42 Å². The highest BCUT2D eigenvalue weighted by atomic mass is 35.5. The molecular formula is C11H13ClO. The summed E-state index contributed by atoms with van der Waals surface area (Å²) < 4.78 is 0. The zero-order chi connectivity index (χ0) is 9.84. The standard InChI is InChI=1S/C11H13ClO/c1-3-9-5-10(4-8(2)13)7-11(12)6-9/h5-7H,3-4H2,1-2H3. The van der Waals surface area contributed by atoms with Crippen molar-refractivity contribution in [2.24, 2.45) is 0 Å². The highest BCUT2D eigenvalue weighted by Gasteiger charge is 2.00. The molecule has 0 aliphatic heterocycles. The SMILES string of the molecule is CCc1cc(Cl)cc(CC(C)=O)c1. The highest BCUT2D eigenvalue weighted by Crippen LogP contribution is 2.16. The Balaban J connectivity index is 2.94. The number of halogens is 1. The highest BCUT2D eigenvalue weighted by molar-refractivity contribution is 6.30. The maximum atomic E-state index is 10.9. The average Bonchev–Trinajstić information content (AvgIpc) is 2.01. The first-order valence-electron chi connectivity index (χ1n) is 4.39. The monoisotopic (exact) mass is 196 g/mol. The van der Waals surface area contributed by atoms with Gasteiger partial charge in [0.15, 0.2) is 0 Å². The van der Waals surface area contributed by atoms with E-state index in [1.165, 1.54) is 5.56 Å². The van der Waals surface area contributed by atoms with Crippen molar-refractivity contribution in [2.75, 3.05) is 0 Å². The Kier molecular flexibility index (Phi) is 3.49. The molecule has 0 fully saturated rings. The molecule has 0 aliphatic carbocycles. The maximum Gasteiger partial charge on any atom is 0.134 e. The Bertz CT molecular complexity index is 318. The van der Waals surface area contributed by atoms with Gasteiger partial charge >= 0.3 is 0 Å². The van der Waals surface area contributed by atoms with E-state index in [0.717, 1.165) is 17.0 Å². The molecule has 1 aromatic rings. The van der Waals surface area contributed by atoms with E-state index in [1.54, 1.807) is 6.92 Å². The third kappa shape index (κ3) is 3.19. The normalized spacial score (nSPS) is 10.1. The van der Waals surface area contributed by atoms with Gasteiger partial charge in [-0.05, 0) is 36.6 Å². The van der Waals surface area contributed by atoms with Crippen LogP contribution in [0.5, 0.6) is 0 Å². The third-order valence-corrected chi connectivity index (χ3v) is 2.10. The van der Waals surface area contributed by atoms with Gasteiger partial charge in [-0.25, -0.2) is 0 Å². The van der Waals surface area contributed by atoms with E-state index < -0.39 is 0 Å². The summed E-state index contributed by atoms with van der Waals surface area (Å²) in [5, 5.41) is 0.718. The van der Waals surface area contributed by atoms with Crippen LogP contribution in [0, 0.1) is 0 Å². The topological polar surface area (TPSA) is 17.1 Å². The van der Waals surface area contributed by atoms with Crippen LogP contribution in [-0.4, -0.2) is 5.78 Å². The van der Waals surface area contributed by atoms with Crippen molar-refractivity contribution in [3.8, 4) is 0 Å². The number of benzene rings is 1. The summed E-state index contributed by atoms with van der Waals surface area (Å²) in [6, 6.07) is 5.82. The van der Waals surface area contributed by atoms with Crippen molar-refractivity contribution in [1.29, 1.82) is 0 Å². The molecule has 0 amide bonds. The predicted octanol–water partition coefficient (Wildman–Crippen LogP) is 3.03. The first-order valence-corrected chi connectivity index (χ1v) is 4.77. The largest absolute Gasteiger partial charge is 0.300 e. The number of Topliss-reactive ketones (excluding diaryl/α,β-unsaturated/α-hetero) is 1. The van der Waals surface area contributed by atoms with Crippen LogP contribution in [-0.2, 0) is 17.6 Å². The fourth-order valence-corrected chi connectivity index (χ4v) is 1.59. The minimum Gasteiger partial charge on any atom is -0.300 e. The molecule has 0 radical (unpaired) electrons. The second-order valence-corrected chi connectivity index (χ2v) is 3.64. The van der Waals surface area contributed by atoms with Crippen LogP contribution in [0.25, 0.3) is 0 Å². The van der Waals surface area contributed by atoms with Crippen molar-refractivity contribution >= 4 is 17.4 Å². The van der Waals surface area contributed by atoms with Crippen molar-refractivity contribution in [3.63, 3.8) is 0 Å². The molecule has 0 saturated carbocycles. The minimum atomic E-state index is 0.171. The van der Waals surface area contributed by atoms with Gasteiger partial charge in [-0.1, -0.05) is 24.6 Å². The average molecular weight is 197 g/mol. The molecule has 0 N–H and O–H groups in total. The molecule has 0 saturated heterocycles. The Morgan fingerprint density at radius 1 is 1.31 bits per heavy atom. The summed E-state index contributed by atoms with van der Waals surface area (Å²) >= 11 is 5.90. The van der Waals surface area contributed by atoms with Crippen LogP contribution in [0.15, 0.2) is 18.2 Å². The number of carbonyl (C=O) groups is 1. The number of carbonyl (C=O) groups excluding carboxylic acids is 1. The van der Waals surface area contributed by atoms with Gasteiger partial charge in [0.1, 0.15) is 5.78 Å². The molecule has 13 heavy (non-hydrogen) atoms. The fraction of sp³-hybridized carbons (Fsp3) is 0.364. The van der Waals surface area contributed by atoms with E-state index in [9.17, 15) is 4.79 Å². The van der Waals surface area contributed by atoms with Gasteiger partial charge < -0.3 is 0 Å². The number of hydrogen-bond donors (Lipinski definition) is 0. The summed E-state index contributed by atoms with van der Waals surface area (Å²) in [6.45, 7) is 3.66. The van der Waals surface area contributed by atoms with Crippen LogP contribution >= 0.6 is 11.6 Å². The number of hydrogen-bond acceptors (Lipinski definition) is 1. The van der Waals surface area contributed by atoms with Crippen LogP contribution in [0.3, 0.4) is 0 Å². The van der Waals surface area contributed by atoms with E-state index in [-0.39, 0.29) is 5.78 Å². The Labute approximate surface area is 83.7 Å². The Morgan fingerprint density at radius 3 is 2.46 bits per heavy atom. The van der Waals surface area contributed by atoms with Gasteiger partial charge in [0.05, 0.1) is 0 Å². The molecule has 0 aromatic heterocycles. The van der Waals surface area contributed by atoms with E-state index in [4.69, 9.17) is 11.6 Å². The van der Waals surface area contributed by atoms with E-state index in [1.807, 2.05) is 18.2 Å². The molecule has 1 nitrogen and oxygen atoms in total. The first-order chi connectivity index (χ1) is 6.11. The summed E-state index contributed by atoms with van der Waals surface area (Å²) in [7, 11) is 0. The number of aryl methyl sites for hydroxylation is 1. The molecule has 0 aliphatic rings. The van der Waals surface area contributed by atoms with Gasteiger partial charge in [0, 0.05) is 11.4 Å². The van der Waals surface area contributed by atoms with Gasteiger partial charge in [-0.2, -0.15) is 0 Å². The lowest BCUT2D eigenvalue weighted by Crippen LogP contribution is -1.97. The second-order valence-electron chi connectivity index (χ2n) is 3.20. The molecule has 0 spiro atoms. The molecule has 2 heteroatoms. The molecule has 1 aromatic carbocycles. The predicted molar refractivity (Wildman–Crippen MR) is 55.2 cm³/mol. The van der Waals surface area contributed by atoms with Crippen molar-refractivity contribution < 1.29 is 4.79 Å². The van der Waals surface area contributed by atoms with E-state index in [2.05, 4.69) is 6.92 Å². The lowest BCUT2D eigenvalue weighted by atomic mass is 10.1. The lowest BCUT2D eigenvalue weighted by Gasteiger charge is -2.02. The third-order valence-electron chi connectivity index (χ3n) is 1.88. The summed E-state index contributed by atoms with van der Waals surface area (Å²) in [4.78, 5) is 10.9. The quantitative estimate of drug-likeness (QED) is 0.727. The van der Waals surface area contributed by atoms with Crippen molar-refractivity contribution in [2.45, 2.75) is 26.7 Å². The van der Waals surface area contributed by atoms with Gasteiger partial charge in [-0.3, -0.25) is 4.79 Å². The van der Waals surface area contributed by atoms with Gasteiger partial charge in [0.2, 0.25) is 0 Å². The molecule has 0 atom stereocenters. The van der Waals surface area contributed by atoms with Gasteiger partial charge in [0.25, 0.3) is 0 Å². The molecule has 70 valence electrons. The summed E-state index contributed by atoms with van der Waals surface area (Å²) in [5.74, 6) is 0.171. The van der Waals surface area contributed by atoms with Crippen LogP contribution in [0.2, 0.25) is 5.02 Å². The molecule has 0 heterocycles. The summed E-state index contributed by atoms with van der Waals surface area (Å²) in [5.41, 5.74) is 2.20. The first kappa shape index (κ1) is 10.3. The zero-order valence-electron chi connectivity index (χ0n) is 7.93. The van der Waals surface area contributed by atoms with E-state index >= 15 is 0 Å². The molecule has 0 bridgehead atoms. The fourth-order valence-electron chi connectivity index (χ4n) is 1.31. The number of rotatable bonds is 3. The minimum absolute atomic E-state index is 0.171. The zero-order valence-corrected chi connectivity index (χ0v) is 8.69. The molecule has 0 unspecified atom stereocenters. The summed E-state index contributed by atoms with van der Waals surface area (Å²) in [6.07, 6.45) is 1.43. The Hall–Kier alpha value is -0.820. The smallest absolute Gasteiger partial charge is 0.134 e. The molecular weight excluding hydrogens is 184 g/mol. The lowest BCUT2D eigenvalue weighted by molar-refractivity contribution is -0.116.